The minimum Gasteiger partial charge on any atom is -0.378 e. The largest absolute Gasteiger partial charge is 0.378 e. The number of amides is 2. The van der Waals surface area contributed by atoms with Crippen molar-refractivity contribution in [3.8, 4) is 0 Å². The molecule has 0 spiro atoms. The smallest absolute Gasteiger partial charge is 0.249 e. The number of aryl methyl sites for hydroxylation is 2. The fourth-order valence-corrected chi connectivity index (χ4v) is 4.65. The second-order valence-electron chi connectivity index (χ2n) is 8.27. The number of ether oxygens (including phenoxy) is 2. The molecule has 9 nitrogen and oxygen atoms in total. The van der Waals surface area contributed by atoms with Gasteiger partial charge >= 0.3 is 0 Å². The van der Waals surface area contributed by atoms with Gasteiger partial charge < -0.3 is 19.3 Å². The molecule has 0 aromatic carbocycles. The molecule has 2 aliphatic heterocycles. The molecular weight excluding hydrogens is 398 g/mol. The Hall–Kier alpha value is -2.52. The van der Waals surface area contributed by atoms with Crippen LogP contribution in [0.4, 0.5) is 0 Å². The minimum absolute atomic E-state index is 0.00904. The Kier molecular flexibility index (Phi) is 6.52. The molecule has 168 valence electrons. The lowest BCUT2D eigenvalue weighted by Crippen LogP contribution is -2.40. The van der Waals surface area contributed by atoms with Gasteiger partial charge in [-0.15, -0.1) is 0 Å². The van der Waals surface area contributed by atoms with Gasteiger partial charge in [0.15, 0.2) is 5.65 Å². The topological polar surface area (TPSA) is 89.3 Å². The van der Waals surface area contributed by atoms with E-state index in [1.807, 2.05) is 34.2 Å². The highest BCUT2D eigenvalue weighted by Crippen LogP contribution is 2.32. The second-order valence-corrected chi connectivity index (χ2v) is 8.27. The van der Waals surface area contributed by atoms with Gasteiger partial charge in [0.2, 0.25) is 11.8 Å². The Balaban J connectivity index is 1.54. The van der Waals surface area contributed by atoms with E-state index in [0.29, 0.717) is 39.1 Å². The van der Waals surface area contributed by atoms with Crippen molar-refractivity contribution >= 4 is 17.5 Å². The Labute approximate surface area is 182 Å². The average Bonchev–Trinajstić information content (AvgIpc) is 3.41. The van der Waals surface area contributed by atoms with Crippen molar-refractivity contribution in [3.05, 3.63) is 28.7 Å². The molecule has 9 heteroatoms. The zero-order chi connectivity index (χ0) is 22.0. The van der Waals surface area contributed by atoms with Crippen LogP contribution in [0.15, 0.2) is 6.07 Å². The number of rotatable bonds is 6. The summed E-state index contributed by atoms with van der Waals surface area (Å²) in [6.07, 6.45) is 2.92. The highest BCUT2D eigenvalue weighted by Gasteiger charge is 2.32. The third-order valence-corrected chi connectivity index (χ3v) is 6.32. The fourth-order valence-electron chi connectivity index (χ4n) is 4.65. The fraction of sp³-hybridized carbons (Fsp3) is 0.636. The normalized spacial score (nSPS) is 19.4. The summed E-state index contributed by atoms with van der Waals surface area (Å²) in [5.74, 6) is 0.145. The first-order valence-electron chi connectivity index (χ1n) is 11.0. The monoisotopic (exact) mass is 429 g/mol. The van der Waals surface area contributed by atoms with Gasteiger partial charge in [0.25, 0.3) is 0 Å². The Morgan fingerprint density at radius 3 is 2.71 bits per heavy atom. The lowest BCUT2D eigenvalue weighted by atomic mass is 10.1. The van der Waals surface area contributed by atoms with E-state index in [4.69, 9.17) is 19.6 Å². The lowest BCUT2D eigenvalue weighted by Gasteiger charge is -2.27. The number of carbonyl (C=O) groups excluding carboxylic acids is 2. The molecule has 0 saturated carbocycles. The maximum Gasteiger partial charge on any atom is 0.249 e. The van der Waals surface area contributed by atoms with E-state index >= 15 is 0 Å². The van der Waals surface area contributed by atoms with E-state index < -0.39 is 0 Å². The predicted octanol–water partition coefficient (Wildman–Crippen LogP) is 1.45. The number of morpholine rings is 1. The zero-order valence-corrected chi connectivity index (χ0v) is 18.6. The Bertz CT molecular complexity index is 966. The Morgan fingerprint density at radius 2 is 1.97 bits per heavy atom. The molecule has 2 amide bonds. The van der Waals surface area contributed by atoms with Gasteiger partial charge in [0.1, 0.15) is 6.61 Å². The molecule has 2 fully saturated rings. The summed E-state index contributed by atoms with van der Waals surface area (Å²) in [6, 6.07) is 1.93. The van der Waals surface area contributed by atoms with E-state index in [1.54, 1.807) is 0 Å². The van der Waals surface area contributed by atoms with Crippen LogP contribution < -0.4 is 0 Å². The molecule has 0 radical (unpaired) electrons. The summed E-state index contributed by atoms with van der Waals surface area (Å²) in [4.78, 5) is 33.5. The van der Waals surface area contributed by atoms with Crippen molar-refractivity contribution in [3.63, 3.8) is 0 Å². The van der Waals surface area contributed by atoms with Gasteiger partial charge in [-0.25, -0.2) is 9.50 Å². The number of methoxy groups -OCH3 is 1. The van der Waals surface area contributed by atoms with Crippen LogP contribution in [0.5, 0.6) is 0 Å². The average molecular weight is 430 g/mol. The number of likely N-dealkylation sites (tertiary alicyclic amines) is 1. The van der Waals surface area contributed by atoms with Crippen LogP contribution in [0.25, 0.3) is 5.65 Å². The molecule has 4 heterocycles. The number of carbonyl (C=O) groups is 2. The van der Waals surface area contributed by atoms with Crippen LogP contribution in [0.1, 0.15) is 47.9 Å². The SMILES string of the molecule is COCC(=O)N1CCCC1c1cc2nc(C)c(CCC(=O)N3CCOCC3)c(C)n2n1. The van der Waals surface area contributed by atoms with Crippen molar-refractivity contribution in [1.29, 1.82) is 0 Å². The van der Waals surface area contributed by atoms with Crippen LogP contribution in [0.3, 0.4) is 0 Å². The molecule has 2 aliphatic rings. The molecule has 2 aromatic heterocycles. The van der Waals surface area contributed by atoms with Crippen molar-refractivity contribution in [2.75, 3.05) is 46.6 Å². The summed E-state index contributed by atoms with van der Waals surface area (Å²) in [5.41, 5.74) is 4.61. The first-order valence-corrected chi connectivity index (χ1v) is 11.0. The maximum atomic E-state index is 12.6. The summed E-state index contributed by atoms with van der Waals surface area (Å²) >= 11 is 0. The number of fused-ring (bicyclic) bond motifs is 1. The highest BCUT2D eigenvalue weighted by molar-refractivity contribution is 5.78. The molecule has 2 saturated heterocycles. The second kappa shape index (κ2) is 9.32. The number of aromatic nitrogens is 3. The molecule has 0 aliphatic carbocycles. The van der Waals surface area contributed by atoms with E-state index in [-0.39, 0.29) is 24.5 Å². The van der Waals surface area contributed by atoms with Crippen LogP contribution in [-0.2, 0) is 25.5 Å². The highest BCUT2D eigenvalue weighted by atomic mass is 16.5. The van der Waals surface area contributed by atoms with E-state index in [1.165, 1.54) is 7.11 Å². The van der Waals surface area contributed by atoms with Gasteiger partial charge in [-0.05, 0) is 38.7 Å². The minimum atomic E-state index is -0.0459. The van der Waals surface area contributed by atoms with Gasteiger partial charge in [-0.3, -0.25) is 9.59 Å². The van der Waals surface area contributed by atoms with E-state index in [9.17, 15) is 9.59 Å². The molecule has 1 atom stereocenters. The molecule has 0 N–H and O–H groups in total. The number of hydrogen-bond donors (Lipinski definition) is 0. The molecular formula is C22H31N5O4. The number of nitrogens with zero attached hydrogens (tertiary/aromatic N) is 5. The van der Waals surface area contributed by atoms with Crippen molar-refractivity contribution < 1.29 is 19.1 Å². The molecule has 31 heavy (non-hydrogen) atoms. The van der Waals surface area contributed by atoms with Crippen LogP contribution >= 0.6 is 0 Å². The Morgan fingerprint density at radius 1 is 1.19 bits per heavy atom. The van der Waals surface area contributed by atoms with Crippen molar-refractivity contribution in [2.24, 2.45) is 0 Å². The summed E-state index contributed by atoms with van der Waals surface area (Å²) in [7, 11) is 1.54. The van der Waals surface area contributed by atoms with E-state index in [0.717, 1.165) is 47.7 Å². The van der Waals surface area contributed by atoms with E-state index in [2.05, 4.69) is 0 Å². The summed E-state index contributed by atoms with van der Waals surface area (Å²) in [6.45, 7) is 7.36. The molecule has 1 unspecified atom stereocenters. The van der Waals surface area contributed by atoms with Crippen molar-refractivity contribution in [2.45, 2.75) is 45.6 Å². The van der Waals surface area contributed by atoms with Crippen LogP contribution in [0, 0.1) is 13.8 Å². The first-order chi connectivity index (χ1) is 15.0. The summed E-state index contributed by atoms with van der Waals surface area (Å²) < 4.78 is 12.2. The van der Waals surface area contributed by atoms with Gasteiger partial charge in [-0.1, -0.05) is 0 Å². The first kappa shape index (κ1) is 21.7. The maximum absolute atomic E-state index is 12.6. The predicted molar refractivity (Wildman–Crippen MR) is 114 cm³/mol. The number of hydrogen-bond acceptors (Lipinski definition) is 6. The lowest BCUT2D eigenvalue weighted by molar-refractivity contribution is -0.136. The zero-order valence-electron chi connectivity index (χ0n) is 18.6. The third-order valence-electron chi connectivity index (χ3n) is 6.32. The third kappa shape index (κ3) is 4.43. The summed E-state index contributed by atoms with van der Waals surface area (Å²) in [5, 5.41) is 4.81. The standard InChI is InChI=1S/C22H31N5O4/c1-15-17(6-7-21(28)25-9-11-31-12-10-25)16(2)27-20(23-15)13-18(24-27)19-5-4-8-26(19)22(29)14-30-3/h13,19H,4-12,14H2,1-3H3. The quantitative estimate of drug-likeness (QED) is 0.691. The van der Waals surface area contributed by atoms with Crippen LogP contribution in [-0.4, -0.2) is 82.8 Å². The molecule has 0 bridgehead atoms. The van der Waals surface area contributed by atoms with Gasteiger partial charge in [-0.2, -0.15) is 5.10 Å². The van der Waals surface area contributed by atoms with Gasteiger partial charge in [0.05, 0.1) is 24.9 Å². The van der Waals surface area contributed by atoms with Crippen LogP contribution in [0.2, 0.25) is 0 Å². The molecule has 2 aromatic rings. The van der Waals surface area contributed by atoms with Crippen molar-refractivity contribution in [1.82, 2.24) is 24.4 Å². The van der Waals surface area contributed by atoms with Gasteiger partial charge in [0, 0.05) is 50.6 Å². The molecule has 4 rings (SSSR count).